The summed E-state index contributed by atoms with van der Waals surface area (Å²) in [5, 5.41) is 5.47. The number of hydrogen-bond acceptors (Lipinski definition) is 2. The van der Waals surface area contributed by atoms with Crippen LogP contribution in [0.5, 0.6) is 0 Å². The summed E-state index contributed by atoms with van der Waals surface area (Å²) in [5.74, 6) is 3.11. The van der Waals surface area contributed by atoms with Gasteiger partial charge in [0.05, 0.1) is 0 Å². The summed E-state index contributed by atoms with van der Waals surface area (Å²) in [6.07, 6.45) is 33.2. The lowest BCUT2D eigenvalue weighted by Gasteiger charge is -2.34. The van der Waals surface area contributed by atoms with Crippen molar-refractivity contribution in [3.63, 3.8) is 0 Å². The van der Waals surface area contributed by atoms with Gasteiger partial charge in [-0.2, -0.15) is 9.15 Å². The monoisotopic (exact) mass is 1390 g/mol. The van der Waals surface area contributed by atoms with E-state index in [2.05, 4.69) is 341 Å². The molecule has 0 radical (unpaired) electrons. The average Bonchev–Trinajstić information content (AvgIpc) is 0.769. The Labute approximate surface area is 627 Å². The lowest BCUT2D eigenvalue weighted by Crippen LogP contribution is -3.00. The minimum absolute atomic E-state index is 0. The maximum absolute atomic E-state index is 2.49. The number of nitrogens with zero attached hydrogens (tertiary/aromatic N) is 4. The largest absolute Gasteiger partial charge is 1.00 e. The molecule has 10 aromatic rings. The number of aryl methyl sites for hydroxylation is 4. The van der Waals surface area contributed by atoms with Gasteiger partial charge in [0.1, 0.15) is 13.1 Å². The summed E-state index contributed by atoms with van der Waals surface area (Å²) in [6, 6.07) is 82.2. The number of allylic oxidation sites excluding steroid dienone is 10. The maximum atomic E-state index is 2.49. The molecular weight excluding hydrogens is 1290 g/mol. The molecule has 4 nitrogen and oxygen atoms in total. The number of halogens is 2. The van der Waals surface area contributed by atoms with E-state index in [-0.39, 0.29) is 24.8 Å². The molecule has 4 aliphatic carbocycles. The molecule has 0 N–H and O–H groups in total. The van der Waals surface area contributed by atoms with Crippen LogP contribution in [0, 0.1) is 51.4 Å². The lowest BCUT2D eigenvalue weighted by molar-refractivity contribution is -0.435. The zero-order chi connectivity index (χ0) is 69.3. The molecule has 0 aliphatic heterocycles. The Morgan fingerprint density at radius 2 is 0.650 bits per heavy atom. The van der Waals surface area contributed by atoms with Crippen LogP contribution >= 0.6 is 0 Å². The van der Waals surface area contributed by atoms with Gasteiger partial charge in [0.15, 0.2) is 0 Å². The van der Waals surface area contributed by atoms with Crippen molar-refractivity contribution in [2.75, 3.05) is 36.0 Å². The summed E-state index contributed by atoms with van der Waals surface area (Å²) < 4.78 is 4.86. The minimum atomic E-state index is 0. The van der Waals surface area contributed by atoms with Gasteiger partial charge in [-0.05, 0) is 273 Å². The zero-order valence-corrected chi connectivity index (χ0v) is 63.4. The summed E-state index contributed by atoms with van der Waals surface area (Å²) in [6.45, 7) is 21.4. The lowest BCUT2D eigenvalue weighted by atomic mass is 9.71. The van der Waals surface area contributed by atoms with Crippen LogP contribution in [0.2, 0.25) is 0 Å². The Morgan fingerprint density at radius 3 is 0.990 bits per heavy atom. The van der Waals surface area contributed by atoms with Crippen LogP contribution in [0.15, 0.2) is 278 Å². The van der Waals surface area contributed by atoms with E-state index in [4.69, 9.17) is 0 Å². The fraction of sp³-hybridized carbons (Fsp3) is 0.278. The van der Waals surface area contributed by atoms with Crippen molar-refractivity contribution in [1.29, 1.82) is 0 Å². The molecule has 6 heteroatoms. The van der Waals surface area contributed by atoms with E-state index >= 15 is 0 Å². The average molecular weight is 1390 g/mol. The van der Waals surface area contributed by atoms with Crippen LogP contribution in [-0.4, -0.2) is 46.8 Å². The fourth-order valence-electron chi connectivity index (χ4n) is 17.6. The Morgan fingerprint density at radius 1 is 0.330 bits per heavy atom. The number of rotatable bonds is 20. The van der Waals surface area contributed by atoms with Crippen molar-refractivity contribution in [2.45, 2.75) is 126 Å². The first-order valence-corrected chi connectivity index (χ1v) is 38.1. The molecule has 4 aliphatic rings. The highest BCUT2D eigenvalue weighted by molar-refractivity contribution is 6.08. The molecule has 0 saturated heterocycles. The molecule has 0 aromatic heterocycles. The predicted octanol–water partition coefficient (Wildman–Crippen LogP) is 18.8. The van der Waals surface area contributed by atoms with Crippen LogP contribution in [0.3, 0.4) is 0 Å². The van der Waals surface area contributed by atoms with Gasteiger partial charge >= 0.3 is 0 Å². The van der Waals surface area contributed by atoms with Crippen molar-refractivity contribution < 1.29 is 34.0 Å². The second-order valence-corrected chi connectivity index (χ2v) is 29.1. The third-order valence-corrected chi connectivity index (χ3v) is 22.9. The van der Waals surface area contributed by atoms with Gasteiger partial charge in [-0.25, -0.2) is 0 Å². The molecule has 2 fully saturated rings. The van der Waals surface area contributed by atoms with E-state index < -0.39 is 0 Å². The Balaban J connectivity index is 0.00000500. The van der Waals surface area contributed by atoms with Gasteiger partial charge in [0.2, 0.25) is 22.8 Å². The van der Waals surface area contributed by atoms with Crippen LogP contribution < -0.4 is 34.6 Å². The molecule has 0 amide bonds. The number of para-hydroxylation sites is 4. The third kappa shape index (κ3) is 15.9. The topological polar surface area (TPSA) is 12.5 Å². The number of hydrogen-bond donors (Lipinski definition) is 0. The van der Waals surface area contributed by atoms with Gasteiger partial charge in [-0.3, -0.25) is 0 Å². The van der Waals surface area contributed by atoms with E-state index in [1.807, 2.05) is 0 Å². The summed E-state index contributed by atoms with van der Waals surface area (Å²) in [7, 11) is 0. The maximum Gasteiger partial charge on any atom is 0.208 e. The molecule has 0 spiro atoms. The number of fused-ring (bicyclic) bond motifs is 2. The summed E-state index contributed by atoms with van der Waals surface area (Å²) >= 11 is 0. The number of anilines is 4. The van der Waals surface area contributed by atoms with E-state index in [0.717, 1.165) is 50.9 Å². The van der Waals surface area contributed by atoms with Gasteiger partial charge in [0.25, 0.3) is 0 Å². The van der Waals surface area contributed by atoms with E-state index in [0.29, 0.717) is 11.8 Å². The standard InChI is InChI=1S/C97H102N4.2ClH/c1-9-98(92-33-21-13-25-68(92)5)82-55-45-76(46-56-82)96(77-47-57-83(58-48-77)99(10-2)93-34-22-14-26-69(93)6)90-63-53-80(86-29-17-19-31-88(86)90)66-74-41-37-72(38-42-74)65-73-39-43-75(44-40-73)67-81-54-64-91(89-32-20-18-30-87(81)89)97(78-49-59-84(60-50-78)100(11-3)94-35-23-15-27-70(94)7)79-51-61-85(62-52-79)101(12-4)95-36-24-16-28-71(95)8;;/h13-36,45-64,72-75H,9-12,37-44,65-67H2,1-8H3;2*1H/q+2;;/p-2. The van der Waals surface area contributed by atoms with Crippen LogP contribution in [0.4, 0.5) is 34.1 Å². The smallest absolute Gasteiger partial charge is 0.208 e. The fourth-order valence-corrected chi connectivity index (χ4v) is 17.6. The highest BCUT2D eigenvalue weighted by atomic mass is 35.5. The second kappa shape index (κ2) is 33.9. The first-order chi connectivity index (χ1) is 49.6. The molecule has 0 unspecified atom stereocenters. The van der Waals surface area contributed by atoms with Crippen molar-refractivity contribution in [3.05, 3.63) is 334 Å². The van der Waals surface area contributed by atoms with Crippen molar-refractivity contribution >= 4 is 78.2 Å². The SMILES string of the molecule is CCN(c1ccc(C(=C2C=CC(=[N+](CC)c3ccccc3C)C=C2)c2ccc(CC3CCC(CC4CCC(Cc5ccc(C(=C6C=CC(=[N+](CC)c7ccccc7C)C=C6)c6ccc(N(CC)c7ccccc7C)cc6)c6ccccc56)CC4)CC3)c3ccccc23)cc1)c1ccccc1C.[Cl-].[Cl-]. The van der Waals surface area contributed by atoms with Gasteiger partial charge < -0.3 is 34.6 Å². The van der Waals surface area contributed by atoms with Crippen molar-refractivity contribution in [1.82, 2.24) is 0 Å². The molecular formula is C97H102Cl2N4. The van der Waals surface area contributed by atoms with Gasteiger partial charge in [-0.1, -0.05) is 196 Å². The highest BCUT2D eigenvalue weighted by Gasteiger charge is 2.30. The molecule has 10 aromatic carbocycles. The molecule has 14 rings (SSSR count). The molecule has 0 bridgehead atoms. The van der Waals surface area contributed by atoms with Gasteiger partial charge in [-0.15, -0.1) is 0 Å². The van der Waals surface area contributed by atoms with E-state index in [1.165, 1.54) is 203 Å². The van der Waals surface area contributed by atoms with E-state index in [1.54, 1.807) is 0 Å². The number of benzene rings is 10. The Bertz CT molecular complexity index is 4570. The van der Waals surface area contributed by atoms with E-state index in [9.17, 15) is 0 Å². The summed E-state index contributed by atoms with van der Waals surface area (Å²) in [5.41, 5.74) is 28.0. The van der Waals surface area contributed by atoms with Crippen molar-refractivity contribution in [2.24, 2.45) is 23.7 Å². The molecule has 0 atom stereocenters. The molecule has 2 saturated carbocycles. The zero-order valence-electron chi connectivity index (χ0n) is 61.9. The first-order valence-electron chi connectivity index (χ1n) is 38.1. The predicted molar refractivity (Wildman–Crippen MR) is 433 cm³/mol. The summed E-state index contributed by atoms with van der Waals surface area (Å²) in [4.78, 5) is 4.86. The second-order valence-electron chi connectivity index (χ2n) is 29.1. The Hall–Kier alpha value is -9.32. The minimum Gasteiger partial charge on any atom is -1.00 e. The van der Waals surface area contributed by atoms with Crippen LogP contribution in [-0.2, 0) is 12.8 Å². The van der Waals surface area contributed by atoms with Crippen LogP contribution in [0.25, 0.3) is 32.7 Å². The Kier molecular flexibility index (Phi) is 24.1. The first kappa shape index (κ1) is 73.4. The molecule has 524 valence electrons. The molecule has 0 heterocycles. The normalized spacial score (nSPS) is 17.1. The molecule has 103 heavy (non-hydrogen) atoms. The van der Waals surface area contributed by atoms with Gasteiger partial charge in [0, 0.05) is 83.4 Å². The highest BCUT2D eigenvalue weighted by Crippen LogP contribution is 2.45. The van der Waals surface area contributed by atoms with Crippen molar-refractivity contribution in [3.8, 4) is 0 Å². The van der Waals surface area contributed by atoms with Crippen LogP contribution in [0.1, 0.15) is 141 Å². The quantitative estimate of drug-likeness (QED) is 0.0705. The third-order valence-electron chi connectivity index (χ3n) is 22.9.